The van der Waals surface area contributed by atoms with Gasteiger partial charge in [-0.15, -0.1) is 0 Å². The molecule has 0 aromatic heterocycles. The third-order valence-electron chi connectivity index (χ3n) is 6.04. The molecule has 0 radical (unpaired) electrons. The Hall–Kier alpha value is -1.75. The van der Waals surface area contributed by atoms with E-state index < -0.39 is 0 Å². The van der Waals surface area contributed by atoms with Gasteiger partial charge in [-0.25, -0.2) is 0 Å². The fourth-order valence-electron chi connectivity index (χ4n) is 4.95. The maximum Gasteiger partial charge on any atom is 0.223 e. The van der Waals surface area contributed by atoms with E-state index in [1.807, 2.05) is 26.0 Å². The summed E-state index contributed by atoms with van der Waals surface area (Å²) in [7, 11) is 0. The maximum atomic E-state index is 12.4. The molecule has 2 saturated heterocycles. The Bertz CT molecular complexity index is 688. The molecule has 2 fully saturated rings. The van der Waals surface area contributed by atoms with Crippen LogP contribution in [0.5, 0.6) is 11.5 Å². The molecule has 2 atom stereocenters. The lowest BCUT2D eigenvalue weighted by Gasteiger charge is -2.49. The number of rotatable bonds is 5. The van der Waals surface area contributed by atoms with Crippen molar-refractivity contribution in [3.63, 3.8) is 0 Å². The molecule has 1 aromatic rings. The number of phenolic OH excluding ortho intramolecular Hbond substituents is 1. The molecule has 2 aliphatic heterocycles. The van der Waals surface area contributed by atoms with E-state index in [0.29, 0.717) is 24.1 Å². The molecule has 0 saturated carbocycles. The Kier molecular flexibility index (Phi) is 5.71. The second kappa shape index (κ2) is 7.70. The van der Waals surface area contributed by atoms with E-state index in [0.717, 1.165) is 37.9 Å². The van der Waals surface area contributed by atoms with Gasteiger partial charge in [-0.05, 0) is 71.6 Å². The van der Waals surface area contributed by atoms with Crippen LogP contribution in [0.25, 0.3) is 0 Å². The molecule has 2 heterocycles. The minimum atomic E-state index is 0.0295. The van der Waals surface area contributed by atoms with Crippen molar-refractivity contribution in [2.45, 2.75) is 90.6 Å². The topological polar surface area (TPSA) is 53.0 Å². The van der Waals surface area contributed by atoms with Crippen molar-refractivity contribution in [1.29, 1.82) is 0 Å². The summed E-state index contributed by atoms with van der Waals surface area (Å²) in [5.41, 5.74) is 1.19. The van der Waals surface area contributed by atoms with Crippen molar-refractivity contribution in [1.82, 2.24) is 9.80 Å². The largest absolute Gasteiger partial charge is 0.504 e. The van der Waals surface area contributed by atoms with Crippen LogP contribution in [-0.4, -0.2) is 51.1 Å². The Morgan fingerprint density at radius 2 is 2.00 bits per heavy atom. The first kappa shape index (κ1) is 20.0. The lowest BCUT2D eigenvalue weighted by atomic mass is 9.80. The Morgan fingerprint density at radius 1 is 1.26 bits per heavy atom. The van der Waals surface area contributed by atoms with Gasteiger partial charge in [0.15, 0.2) is 11.5 Å². The molecule has 5 nitrogen and oxygen atoms in total. The van der Waals surface area contributed by atoms with Gasteiger partial charge in [0.2, 0.25) is 5.91 Å². The van der Waals surface area contributed by atoms with Crippen molar-refractivity contribution in [3.05, 3.63) is 23.8 Å². The first-order chi connectivity index (χ1) is 12.7. The van der Waals surface area contributed by atoms with Crippen molar-refractivity contribution in [2.24, 2.45) is 0 Å². The van der Waals surface area contributed by atoms with Crippen LogP contribution in [-0.2, 0) is 11.3 Å². The van der Waals surface area contributed by atoms with Crippen molar-refractivity contribution < 1.29 is 14.6 Å². The van der Waals surface area contributed by atoms with Crippen LogP contribution in [0.15, 0.2) is 18.2 Å². The number of piperidine rings is 1. The van der Waals surface area contributed by atoms with Crippen LogP contribution in [0.1, 0.15) is 65.9 Å². The summed E-state index contributed by atoms with van der Waals surface area (Å²) >= 11 is 0. The van der Waals surface area contributed by atoms with Gasteiger partial charge in [0, 0.05) is 37.1 Å². The summed E-state index contributed by atoms with van der Waals surface area (Å²) in [5, 5.41) is 10.0. The number of nitrogens with zero attached hydrogens (tertiary/aromatic N) is 2. The minimum absolute atomic E-state index is 0.0295. The number of hydrogen-bond acceptors (Lipinski definition) is 4. The van der Waals surface area contributed by atoms with Gasteiger partial charge in [0.1, 0.15) is 0 Å². The predicted molar refractivity (Wildman–Crippen MR) is 107 cm³/mol. The summed E-state index contributed by atoms with van der Waals surface area (Å²) in [6, 6.07) is 6.32. The molecular formula is C22H34N2O3. The molecule has 2 aliphatic rings. The van der Waals surface area contributed by atoms with Gasteiger partial charge in [0.25, 0.3) is 0 Å². The Morgan fingerprint density at radius 3 is 2.63 bits per heavy atom. The van der Waals surface area contributed by atoms with Crippen LogP contribution >= 0.6 is 0 Å². The quantitative estimate of drug-likeness (QED) is 0.848. The highest BCUT2D eigenvalue weighted by Crippen LogP contribution is 2.42. The summed E-state index contributed by atoms with van der Waals surface area (Å²) in [6.45, 7) is 12.3. The fraction of sp³-hybridized carbons (Fsp3) is 0.682. The Balaban J connectivity index is 1.70. The second-order valence-electron chi connectivity index (χ2n) is 8.82. The van der Waals surface area contributed by atoms with E-state index in [2.05, 4.69) is 30.6 Å². The van der Waals surface area contributed by atoms with Gasteiger partial charge in [-0.2, -0.15) is 0 Å². The third-order valence-corrected chi connectivity index (χ3v) is 6.04. The first-order valence-corrected chi connectivity index (χ1v) is 10.3. The number of aromatic hydroxyl groups is 1. The highest BCUT2D eigenvalue weighted by Gasteiger charge is 2.49. The molecule has 5 heteroatoms. The monoisotopic (exact) mass is 374 g/mol. The molecule has 27 heavy (non-hydrogen) atoms. The highest BCUT2D eigenvalue weighted by molar-refractivity contribution is 5.80. The van der Waals surface area contributed by atoms with E-state index >= 15 is 0 Å². The van der Waals surface area contributed by atoms with Gasteiger partial charge in [-0.3, -0.25) is 9.69 Å². The van der Waals surface area contributed by atoms with Crippen molar-refractivity contribution in [3.8, 4) is 11.5 Å². The lowest BCUT2D eigenvalue weighted by Crippen LogP contribution is -2.57. The number of phenols is 1. The number of benzene rings is 1. The number of carbonyl (C=O) groups is 1. The van der Waals surface area contributed by atoms with Crippen molar-refractivity contribution >= 4 is 5.91 Å². The van der Waals surface area contributed by atoms with Crippen LogP contribution in [0.4, 0.5) is 0 Å². The SMILES string of the molecule is CC(C)Oc1cc(CN2CC[C@]3(CCC(=O)N3C(C)C)C[C@@H]2C)ccc1O. The third kappa shape index (κ3) is 4.08. The molecule has 0 aliphatic carbocycles. The number of amides is 1. The average molecular weight is 375 g/mol. The van der Waals surface area contributed by atoms with Gasteiger partial charge < -0.3 is 14.7 Å². The van der Waals surface area contributed by atoms with Crippen molar-refractivity contribution in [2.75, 3.05) is 6.54 Å². The lowest BCUT2D eigenvalue weighted by molar-refractivity contribution is -0.135. The summed E-state index contributed by atoms with van der Waals surface area (Å²) in [6.07, 6.45) is 3.79. The molecule has 150 valence electrons. The number of ether oxygens (including phenoxy) is 1. The van der Waals surface area contributed by atoms with Crippen LogP contribution in [0.2, 0.25) is 0 Å². The summed E-state index contributed by atoms with van der Waals surface area (Å²) < 4.78 is 5.72. The van der Waals surface area contributed by atoms with Gasteiger partial charge in [0.05, 0.1) is 6.10 Å². The van der Waals surface area contributed by atoms with E-state index in [4.69, 9.17) is 4.74 Å². The number of hydrogen-bond donors (Lipinski definition) is 1. The van der Waals surface area contributed by atoms with E-state index in [9.17, 15) is 9.90 Å². The molecule has 1 amide bonds. The zero-order valence-electron chi connectivity index (χ0n) is 17.4. The smallest absolute Gasteiger partial charge is 0.223 e. The summed E-state index contributed by atoms with van der Waals surface area (Å²) in [5.74, 6) is 1.06. The average Bonchev–Trinajstić information content (AvgIpc) is 2.89. The number of carbonyl (C=O) groups excluding carboxylic acids is 1. The number of likely N-dealkylation sites (tertiary alicyclic amines) is 2. The van der Waals surface area contributed by atoms with Gasteiger partial charge >= 0.3 is 0 Å². The maximum absolute atomic E-state index is 12.4. The molecule has 3 rings (SSSR count). The standard InChI is InChI=1S/C22H34N2O3/c1-15(2)24-21(26)8-9-22(24)10-11-23(17(5)13-22)14-18-6-7-19(25)20(12-18)27-16(3)4/h6-7,12,15-17,25H,8-11,13-14H2,1-5H3/t17-,22+/m0/s1. The van der Waals surface area contributed by atoms with E-state index in [1.54, 1.807) is 6.07 Å². The fourth-order valence-corrected chi connectivity index (χ4v) is 4.95. The summed E-state index contributed by atoms with van der Waals surface area (Å²) in [4.78, 5) is 17.0. The molecule has 1 spiro atoms. The van der Waals surface area contributed by atoms with E-state index in [-0.39, 0.29) is 23.4 Å². The zero-order valence-corrected chi connectivity index (χ0v) is 17.4. The Labute approximate surface area is 163 Å². The molecular weight excluding hydrogens is 340 g/mol. The van der Waals surface area contributed by atoms with E-state index in [1.165, 1.54) is 0 Å². The minimum Gasteiger partial charge on any atom is -0.504 e. The molecule has 0 bridgehead atoms. The van der Waals surface area contributed by atoms with Crippen LogP contribution in [0, 0.1) is 0 Å². The zero-order chi connectivity index (χ0) is 19.8. The van der Waals surface area contributed by atoms with Crippen LogP contribution < -0.4 is 4.74 Å². The first-order valence-electron chi connectivity index (χ1n) is 10.3. The van der Waals surface area contributed by atoms with Gasteiger partial charge in [-0.1, -0.05) is 6.07 Å². The molecule has 1 aromatic carbocycles. The predicted octanol–water partition coefficient (Wildman–Crippen LogP) is 3.93. The second-order valence-corrected chi connectivity index (χ2v) is 8.82. The molecule has 0 unspecified atom stereocenters. The molecule has 1 N–H and O–H groups in total. The highest BCUT2D eigenvalue weighted by atomic mass is 16.5. The normalized spacial score (nSPS) is 26.6. The van der Waals surface area contributed by atoms with Crippen LogP contribution in [0.3, 0.4) is 0 Å².